The molecule has 2 aromatic heterocycles. The highest BCUT2D eigenvalue weighted by atomic mass is 16.1. The Morgan fingerprint density at radius 1 is 1.41 bits per heavy atom. The number of hydrogen-bond acceptors (Lipinski definition) is 2. The third kappa shape index (κ3) is 1.32. The molecule has 0 fully saturated rings. The van der Waals surface area contributed by atoms with Gasteiger partial charge in [-0.1, -0.05) is 0 Å². The highest BCUT2D eigenvalue weighted by molar-refractivity contribution is 5.64. The van der Waals surface area contributed by atoms with Gasteiger partial charge in [-0.3, -0.25) is 4.79 Å². The number of nitriles is 1. The van der Waals surface area contributed by atoms with Crippen molar-refractivity contribution in [2.45, 2.75) is 32.6 Å². The zero-order valence-corrected chi connectivity index (χ0v) is 9.71. The number of nitrogens with zero attached hydrogens (tertiary/aromatic N) is 2. The largest absolute Gasteiger partial charge is 0.307 e. The number of aryl methyl sites for hydroxylation is 2. The molecule has 17 heavy (non-hydrogen) atoms. The lowest BCUT2D eigenvalue weighted by Gasteiger charge is -2.12. The fourth-order valence-electron chi connectivity index (χ4n) is 2.83. The summed E-state index contributed by atoms with van der Waals surface area (Å²) in [4.78, 5) is 14.3. The molecular weight excluding hydrogens is 214 g/mol. The number of hydrogen-bond donors (Lipinski definition) is 1. The maximum atomic E-state index is 11.5. The van der Waals surface area contributed by atoms with Crippen LogP contribution in [0.2, 0.25) is 0 Å². The van der Waals surface area contributed by atoms with Crippen LogP contribution in [-0.2, 0) is 12.8 Å². The molecule has 1 N–H and O–H groups in total. The molecule has 0 aromatic carbocycles. The van der Waals surface area contributed by atoms with Gasteiger partial charge in [-0.25, -0.2) is 0 Å². The SMILES string of the molecule is Cc1cc(=O)[nH]c2c(C#N)c3c(n12)CCCC3. The number of rotatable bonds is 0. The zero-order valence-electron chi connectivity index (χ0n) is 9.71. The predicted octanol–water partition coefficient (Wildman–Crippen LogP) is 1.69. The Hall–Kier alpha value is -2.02. The van der Waals surface area contributed by atoms with Crippen molar-refractivity contribution in [3.63, 3.8) is 0 Å². The van der Waals surface area contributed by atoms with Crippen LogP contribution in [0.4, 0.5) is 0 Å². The van der Waals surface area contributed by atoms with Gasteiger partial charge in [-0.2, -0.15) is 5.26 Å². The molecule has 3 rings (SSSR count). The average Bonchev–Trinajstić information content (AvgIpc) is 2.62. The van der Waals surface area contributed by atoms with Crippen LogP contribution in [0.25, 0.3) is 5.65 Å². The molecule has 0 saturated carbocycles. The number of H-pyrrole nitrogens is 1. The minimum absolute atomic E-state index is 0.138. The lowest BCUT2D eigenvalue weighted by Crippen LogP contribution is -2.11. The van der Waals surface area contributed by atoms with Crippen molar-refractivity contribution in [1.82, 2.24) is 9.38 Å². The van der Waals surface area contributed by atoms with Crippen LogP contribution in [0.5, 0.6) is 0 Å². The van der Waals surface area contributed by atoms with Crippen LogP contribution in [0, 0.1) is 18.3 Å². The molecule has 0 atom stereocenters. The van der Waals surface area contributed by atoms with E-state index in [1.807, 2.05) is 11.3 Å². The summed E-state index contributed by atoms with van der Waals surface area (Å²) < 4.78 is 2.04. The molecule has 1 aliphatic carbocycles. The normalized spacial score (nSPS) is 14.6. The summed E-state index contributed by atoms with van der Waals surface area (Å²) in [6.07, 6.45) is 4.22. The van der Waals surface area contributed by atoms with Gasteiger partial charge in [0.2, 0.25) is 0 Å². The van der Waals surface area contributed by atoms with E-state index in [0.717, 1.165) is 36.9 Å². The van der Waals surface area contributed by atoms with E-state index in [9.17, 15) is 10.1 Å². The Bertz CT molecular complexity index is 700. The van der Waals surface area contributed by atoms with Gasteiger partial charge in [0.1, 0.15) is 11.7 Å². The third-order valence-corrected chi connectivity index (χ3v) is 3.52. The fraction of sp³-hybridized carbons (Fsp3) is 0.385. The van der Waals surface area contributed by atoms with Crippen molar-refractivity contribution in [3.05, 3.63) is 38.9 Å². The van der Waals surface area contributed by atoms with Crippen LogP contribution < -0.4 is 5.56 Å². The van der Waals surface area contributed by atoms with Crippen LogP contribution >= 0.6 is 0 Å². The molecule has 4 nitrogen and oxygen atoms in total. The number of aromatic nitrogens is 2. The summed E-state index contributed by atoms with van der Waals surface area (Å²) in [6, 6.07) is 3.83. The summed E-state index contributed by atoms with van der Waals surface area (Å²) in [5, 5.41) is 9.28. The van der Waals surface area contributed by atoms with Gasteiger partial charge in [0.25, 0.3) is 5.56 Å². The maximum absolute atomic E-state index is 11.5. The Balaban J connectivity index is 2.52. The van der Waals surface area contributed by atoms with E-state index in [0.29, 0.717) is 11.2 Å². The third-order valence-electron chi connectivity index (χ3n) is 3.52. The van der Waals surface area contributed by atoms with E-state index >= 15 is 0 Å². The summed E-state index contributed by atoms with van der Waals surface area (Å²) in [6.45, 7) is 1.91. The second kappa shape index (κ2) is 3.49. The van der Waals surface area contributed by atoms with Crippen LogP contribution in [-0.4, -0.2) is 9.38 Å². The molecule has 0 radical (unpaired) electrons. The van der Waals surface area contributed by atoms with E-state index in [-0.39, 0.29) is 5.56 Å². The molecular formula is C13H13N3O. The van der Waals surface area contributed by atoms with E-state index in [4.69, 9.17) is 0 Å². The molecule has 2 aromatic rings. The van der Waals surface area contributed by atoms with Gasteiger partial charge in [0, 0.05) is 17.5 Å². The van der Waals surface area contributed by atoms with Crippen LogP contribution in [0.1, 0.15) is 35.4 Å². The predicted molar refractivity (Wildman–Crippen MR) is 64.1 cm³/mol. The fourth-order valence-corrected chi connectivity index (χ4v) is 2.83. The molecule has 4 heteroatoms. The van der Waals surface area contributed by atoms with E-state index < -0.39 is 0 Å². The van der Waals surface area contributed by atoms with E-state index in [1.54, 1.807) is 6.07 Å². The molecule has 1 aliphatic rings. The van der Waals surface area contributed by atoms with Crippen molar-refractivity contribution in [3.8, 4) is 6.07 Å². The van der Waals surface area contributed by atoms with Crippen LogP contribution in [0.15, 0.2) is 10.9 Å². The topological polar surface area (TPSA) is 61.1 Å². The van der Waals surface area contributed by atoms with Gasteiger partial charge < -0.3 is 9.38 Å². The van der Waals surface area contributed by atoms with Crippen molar-refractivity contribution in [1.29, 1.82) is 5.26 Å². The second-order valence-electron chi connectivity index (χ2n) is 4.58. The first kappa shape index (κ1) is 10.2. The number of nitrogens with one attached hydrogen (secondary N) is 1. The maximum Gasteiger partial charge on any atom is 0.251 e. The summed E-state index contributed by atoms with van der Waals surface area (Å²) >= 11 is 0. The minimum Gasteiger partial charge on any atom is -0.307 e. The van der Waals surface area contributed by atoms with E-state index in [1.165, 1.54) is 5.69 Å². The summed E-state index contributed by atoms with van der Waals surface area (Å²) in [7, 11) is 0. The number of aromatic amines is 1. The second-order valence-corrected chi connectivity index (χ2v) is 4.58. The zero-order chi connectivity index (χ0) is 12.0. The summed E-state index contributed by atoms with van der Waals surface area (Å²) in [5.74, 6) is 0. The minimum atomic E-state index is -0.138. The molecule has 0 saturated heterocycles. The lowest BCUT2D eigenvalue weighted by molar-refractivity contribution is 0.665. The average molecular weight is 227 g/mol. The van der Waals surface area contributed by atoms with Crippen molar-refractivity contribution < 1.29 is 0 Å². The van der Waals surface area contributed by atoms with Gasteiger partial charge in [0.15, 0.2) is 0 Å². The lowest BCUT2D eigenvalue weighted by atomic mass is 9.95. The molecule has 0 bridgehead atoms. The van der Waals surface area contributed by atoms with E-state index in [2.05, 4.69) is 11.1 Å². The molecule has 2 heterocycles. The quantitative estimate of drug-likeness (QED) is 0.744. The Labute approximate surface area is 98.5 Å². The van der Waals surface area contributed by atoms with Crippen molar-refractivity contribution >= 4 is 5.65 Å². The van der Waals surface area contributed by atoms with Gasteiger partial charge in [0.05, 0.1) is 5.56 Å². The number of fused-ring (bicyclic) bond motifs is 3. The van der Waals surface area contributed by atoms with Crippen molar-refractivity contribution in [2.75, 3.05) is 0 Å². The highest BCUT2D eigenvalue weighted by Gasteiger charge is 2.22. The van der Waals surface area contributed by atoms with Gasteiger partial charge >= 0.3 is 0 Å². The first-order valence-corrected chi connectivity index (χ1v) is 5.88. The van der Waals surface area contributed by atoms with Crippen LogP contribution in [0.3, 0.4) is 0 Å². The molecule has 86 valence electrons. The summed E-state index contributed by atoms with van der Waals surface area (Å²) in [5.41, 5.74) is 4.43. The first-order valence-electron chi connectivity index (χ1n) is 5.88. The monoisotopic (exact) mass is 227 g/mol. The smallest absolute Gasteiger partial charge is 0.251 e. The van der Waals surface area contributed by atoms with Gasteiger partial charge in [-0.15, -0.1) is 0 Å². The first-order chi connectivity index (χ1) is 8.22. The molecule has 0 spiro atoms. The molecule has 0 amide bonds. The Morgan fingerprint density at radius 2 is 2.18 bits per heavy atom. The Kier molecular flexibility index (Phi) is 2.08. The molecule has 0 unspecified atom stereocenters. The Morgan fingerprint density at radius 3 is 2.94 bits per heavy atom. The standard InChI is InChI=1S/C13H13N3O/c1-8-6-12(17)15-13-10(7-14)9-4-2-3-5-11(9)16(8)13/h6H,2-5H2,1H3,(H,15,17). The van der Waals surface area contributed by atoms with Gasteiger partial charge in [-0.05, 0) is 38.2 Å². The molecule has 0 aliphatic heterocycles. The van der Waals surface area contributed by atoms with Crippen molar-refractivity contribution in [2.24, 2.45) is 0 Å². The highest BCUT2D eigenvalue weighted by Crippen LogP contribution is 2.29.